The summed E-state index contributed by atoms with van der Waals surface area (Å²) < 4.78 is 23.0. The molecule has 0 aliphatic heterocycles. The first kappa shape index (κ1) is 12.6. The molecule has 0 fully saturated rings. The summed E-state index contributed by atoms with van der Waals surface area (Å²) in [6.07, 6.45) is 0. The molecule has 0 aliphatic rings. The average molecular weight is 315 g/mol. The third-order valence-corrected chi connectivity index (χ3v) is 3.49. The Morgan fingerprint density at radius 2 is 1.47 bits per heavy atom. The van der Waals surface area contributed by atoms with Crippen molar-refractivity contribution in [2.75, 3.05) is 0 Å². The van der Waals surface area contributed by atoms with Gasteiger partial charge in [-0.1, -0.05) is 48.5 Å². The summed E-state index contributed by atoms with van der Waals surface area (Å²) in [5.41, 5.74) is 1.75. The Morgan fingerprint density at radius 1 is 0.882 bits per heavy atom. The SMILES string of the molecule is FC(F)(Br)Sc1ccccc1-c1ccccc1. The van der Waals surface area contributed by atoms with Gasteiger partial charge in [-0.25, -0.2) is 0 Å². The molecule has 2 rings (SSSR count). The lowest BCUT2D eigenvalue weighted by Gasteiger charge is -2.12. The number of hydrogen-bond acceptors (Lipinski definition) is 1. The van der Waals surface area contributed by atoms with Crippen LogP contribution in [0.15, 0.2) is 59.5 Å². The highest BCUT2D eigenvalue weighted by Crippen LogP contribution is 2.44. The number of halogens is 3. The van der Waals surface area contributed by atoms with Gasteiger partial charge < -0.3 is 0 Å². The lowest BCUT2D eigenvalue weighted by molar-refractivity contribution is 0.221. The molecule has 0 bridgehead atoms. The van der Waals surface area contributed by atoms with Gasteiger partial charge in [-0.3, -0.25) is 0 Å². The monoisotopic (exact) mass is 314 g/mol. The second-order valence-electron chi connectivity index (χ2n) is 3.41. The molecule has 0 aromatic heterocycles. The Morgan fingerprint density at radius 3 is 2.12 bits per heavy atom. The van der Waals surface area contributed by atoms with Gasteiger partial charge in [0.25, 0.3) is 0 Å². The fourth-order valence-electron chi connectivity index (χ4n) is 1.54. The third kappa shape index (κ3) is 3.54. The van der Waals surface area contributed by atoms with Crippen molar-refractivity contribution in [2.24, 2.45) is 0 Å². The molecule has 0 amide bonds. The van der Waals surface area contributed by atoms with E-state index in [0.29, 0.717) is 16.7 Å². The summed E-state index contributed by atoms with van der Waals surface area (Å²) in [7, 11) is 0. The smallest absolute Gasteiger partial charge is 0.182 e. The maximum Gasteiger partial charge on any atom is 0.353 e. The van der Waals surface area contributed by atoms with E-state index in [0.717, 1.165) is 11.1 Å². The van der Waals surface area contributed by atoms with E-state index >= 15 is 0 Å². The summed E-state index contributed by atoms with van der Waals surface area (Å²) in [6.45, 7) is 0. The second kappa shape index (κ2) is 5.19. The lowest BCUT2D eigenvalue weighted by atomic mass is 10.1. The molecule has 0 saturated carbocycles. The van der Waals surface area contributed by atoms with Crippen LogP contribution in [0.2, 0.25) is 0 Å². The molecule has 2 aromatic carbocycles. The number of benzene rings is 2. The van der Waals surface area contributed by atoms with Gasteiger partial charge in [-0.2, -0.15) is 8.78 Å². The normalized spacial score (nSPS) is 11.5. The van der Waals surface area contributed by atoms with Crippen LogP contribution >= 0.6 is 27.7 Å². The average Bonchev–Trinajstić information content (AvgIpc) is 2.29. The topological polar surface area (TPSA) is 0 Å². The molecule has 0 unspecified atom stereocenters. The van der Waals surface area contributed by atoms with Crippen LogP contribution in [-0.2, 0) is 0 Å². The van der Waals surface area contributed by atoms with Crippen LogP contribution < -0.4 is 0 Å². The van der Waals surface area contributed by atoms with Crippen LogP contribution in [0.5, 0.6) is 0 Å². The van der Waals surface area contributed by atoms with E-state index in [1.807, 2.05) is 42.5 Å². The maximum atomic E-state index is 13.0. The van der Waals surface area contributed by atoms with Crippen LogP contribution in [0.3, 0.4) is 0 Å². The van der Waals surface area contributed by atoms with Crippen LogP contribution in [0.25, 0.3) is 11.1 Å². The molecule has 0 heterocycles. The first-order chi connectivity index (χ1) is 8.06. The Labute approximate surface area is 111 Å². The Balaban J connectivity index is 2.41. The third-order valence-electron chi connectivity index (χ3n) is 2.20. The summed E-state index contributed by atoms with van der Waals surface area (Å²) >= 11 is 2.86. The highest BCUT2D eigenvalue weighted by molar-refractivity contribution is 9.11. The van der Waals surface area contributed by atoms with Gasteiger partial charge in [-0.15, -0.1) is 0 Å². The van der Waals surface area contributed by atoms with Crippen molar-refractivity contribution in [1.82, 2.24) is 0 Å². The highest BCUT2D eigenvalue weighted by Gasteiger charge is 2.26. The van der Waals surface area contributed by atoms with Gasteiger partial charge in [0.15, 0.2) is 0 Å². The summed E-state index contributed by atoms with van der Waals surface area (Å²) in [6, 6.07) is 16.6. The number of thioether (sulfide) groups is 1. The van der Waals surface area contributed by atoms with Crippen molar-refractivity contribution in [3.63, 3.8) is 0 Å². The lowest BCUT2D eigenvalue weighted by Crippen LogP contribution is -1.97. The molecule has 2 aromatic rings. The largest absolute Gasteiger partial charge is 0.353 e. The van der Waals surface area contributed by atoms with Gasteiger partial charge in [0.05, 0.1) is 0 Å². The van der Waals surface area contributed by atoms with Crippen molar-refractivity contribution < 1.29 is 8.78 Å². The molecule has 0 radical (unpaired) electrons. The molecule has 0 aliphatic carbocycles. The molecule has 0 atom stereocenters. The summed E-state index contributed by atoms with van der Waals surface area (Å²) in [5, 5.41) is 0. The van der Waals surface area contributed by atoms with E-state index in [2.05, 4.69) is 15.9 Å². The number of rotatable bonds is 3. The second-order valence-corrected chi connectivity index (χ2v) is 6.09. The Hall–Kier alpha value is -0.870. The standard InChI is InChI=1S/C13H9BrF2S/c14-13(15,16)17-12-9-5-4-8-11(12)10-6-2-1-3-7-10/h1-9H. The van der Waals surface area contributed by atoms with Crippen molar-refractivity contribution in [3.05, 3.63) is 54.6 Å². The van der Waals surface area contributed by atoms with Crippen molar-refractivity contribution in [3.8, 4) is 11.1 Å². The molecular weight excluding hydrogens is 306 g/mol. The molecule has 0 spiro atoms. The number of alkyl halides is 3. The molecular formula is C13H9BrF2S. The van der Waals surface area contributed by atoms with E-state index in [-0.39, 0.29) is 0 Å². The minimum absolute atomic E-state index is 0.506. The van der Waals surface area contributed by atoms with Crippen LogP contribution in [0.1, 0.15) is 0 Å². The van der Waals surface area contributed by atoms with E-state index in [4.69, 9.17) is 0 Å². The van der Waals surface area contributed by atoms with E-state index in [9.17, 15) is 8.78 Å². The van der Waals surface area contributed by atoms with Gasteiger partial charge >= 0.3 is 4.16 Å². The first-order valence-electron chi connectivity index (χ1n) is 4.96. The van der Waals surface area contributed by atoms with Gasteiger partial charge in [0.1, 0.15) is 0 Å². The molecule has 88 valence electrons. The van der Waals surface area contributed by atoms with Crippen molar-refractivity contribution in [2.45, 2.75) is 9.06 Å². The van der Waals surface area contributed by atoms with E-state index in [1.54, 1.807) is 12.1 Å². The predicted molar refractivity (Wildman–Crippen MR) is 71.6 cm³/mol. The molecule has 17 heavy (non-hydrogen) atoms. The minimum atomic E-state index is -2.95. The quantitative estimate of drug-likeness (QED) is 0.540. The zero-order valence-electron chi connectivity index (χ0n) is 8.74. The molecule has 4 heteroatoms. The van der Waals surface area contributed by atoms with Gasteiger partial charge in [0, 0.05) is 20.8 Å². The van der Waals surface area contributed by atoms with Gasteiger partial charge in [0.2, 0.25) is 0 Å². The Kier molecular flexibility index (Phi) is 3.84. The predicted octanol–water partition coefficient (Wildman–Crippen LogP) is 5.39. The van der Waals surface area contributed by atoms with E-state index in [1.165, 1.54) is 0 Å². The summed E-state index contributed by atoms with van der Waals surface area (Å²) in [5.74, 6) is 0. The van der Waals surface area contributed by atoms with Crippen LogP contribution in [0.4, 0.5) is 8.78 Å². The Bertz CT molecular complexity index is 494. The molecule has 0 nitrogen and oxygen atoms in total. The van der Waals surface area contributed by atoms with Crippen molar-refractivity contribution >= 4 is 27.7 Å². The minimum Gasteiger partial charge on any atom is -0.182 e. The maximum absolute atomic E-state index is 13.0. The van der Waals surface area contributed by atoms with Gasteiger partial charge in [-0.05, 0) is 29.0 Å². The first-order valence-corrected chi connectivity index (χ1v) is 6.57. The fourth-order valence-corrected chi connectivity index (χ4v) is 2.75. The zero-order chi connectivity index (χ0) is 12.3. The number of hydrogen-bond donors (Lipinski definition) is 0. The van der Waals surface area contributed by atoms with Crippen LogP contribution in [-0.4, -0.2) is 4.16 Å². The van der Waals surface area contributed by atoms with Crippen LogP contribution in [0, 0.1) is 0 Å². The fraction of sp³-hybridized carbons (Fsp3) is 0.0769. The highest BCUT2D eigenvalue weighted by atomic mass is 79.9. The van der Waals surface area contributed by atoms with Crippen molar-refractivity contribution in [1.29, 1.82) is 0 Å². The summed E-state index contributed by atoms with van der Waals surface area (Å²) in [4.78, 5) is 0.556. The molecule has 0 saturated heterocycles. The zero-order valence-corrected chi connectivity index (χ0v) is 11.1. The molecule has 0 N–H and O–H groups in total. The van der Waals surface area contributed by atoms with E-state index < -0.39 is 4.16 Å².